The Kier molecular flexibility index (Phi) is 5.92. The molecule has 2 nitrogen and oxygen atoms in total. The molecule has 1 saturated heterocycles. The molecule has 0 aromatic carbocycles. The molecule has 0 amide bonds. The molecule has 2 heteroatoms. The average Bonchev–Trinajstić information content (AvgIpc) is 2.73. The van der Waals surface area contributed by atoms with Crippen LogP contribution in [0.1, 0.15) is 72.1 Å². The van der Waals surface area contributed by atoms with E-state index in [0.717, 1.165) is 24.3 Å². The first-order valence-electron chi connectivity index (χ1n) is 9.06. The maximum atomic E-state index is 6.29. The molecule has 0 radical (unpaired) electrons. The van der Waals surface area contributed by atoms with Crippen molar-refractivity contribution < 1.29 is 0 Å². The van der Waals surface area contributed by atoms with Crippen LogP contribution < -0.4 is 5.73 Å². The van der Waals surface area contributed by atoms with Gasteiger partial charge in [-0.2, -0.15) is 0 Å². The summed E-state index contributed by atoms with van der Waals surface area (Å²) in [4.78, 5) is 2.80. The molecular weight excluding hydrogens is 244 g/mol. The van der Waals surface area contributed by atoms with Crippen molar-refractivity contribution in [3.8, 4) is 0 Å². The lowest BCUT2D eigenvalue weighted by atomic mass is 9.73. The minimum Gasteiger partial charge on any atom is -0.329 e. The maximum absolute atomic E-state index is 6.29. The zero-order chi connectivity index (χ0) is 14.6. The van der Waals surface area contributed by atoms with Gasteiger partial charge in [0.25, 0.3) is 0 Å². The molecule has 0 spiro atoms. The summed E-state index contributed by atoms with van der Waals surface area (Å²) in [6, 6.07) is 0. The van der Waals surface area contributed by atoms with Gasteiger partial charge in [0.1, 0.15) is 0 Å². The predicted octanol–water partition coefficient (Wildman–Crippen LogP) is 4.04. The van der Waals surface area contributed by atoms with Crippen LogP contribution in [0, 0.1) is 17.8 Å². The summed E-state index contributed by atoms with van der Waals surface area (Å²) in [5.41, 5.74) is 6.63. The number of hydrogen-bond acceptors (Lipinski definition) is 2. The Morgan fingerprint density at radius 2 is 1.95 bits per heavy atom. The van der Waals surface area contributed by atoms with Crippen LogP contribution in [0.2, 0.25) is 0 Å². The van der Waals surface area contributed by atoms with Gasteiger partial charge in [0.15, 0.2) is 0 Å². The molecule has 1 saturated carbocycles. The second kappa shape index (κ2) is 7.26. The van der Waals surface area contributed by atoms with Crippen LogP contribution in [0.25, 0.3) is 0 Å². The van der Waals surface area contributed by atoms with Crippen LogP contribution in [0.15, 0.2) is 0 Å². The Bertz CT molecular complexity index is 289. The van der Waals surface area contributed by atoms with Crippen LogP contribution >= 0.6 is 0 Å². The summed E-state index contributed by atoms with van der Waals surface area (Å²) >= 11 is 0. The van der Waals surface area contributed by atoms with E-state index in [1.165, 1.54) is 64.5 Å². The Hall–Kier alpha value is -0.0800. The van der Waals surface area contributed by atoms with Gasteiger partial charge in [0.2, 0.25) is 0 Å². The average molecular weight is 281 g/mol. The van der Waals surface area contributed by atoms with Crippen molar-refractivity contribution in [1.82, 2.24) is 4.90 Å². The number of rotatable bonds is 4. The summed E-state index contributed by atoms with van der Waals surface area (Å²) in [6.45, 7) is 10.6. The highest BCUT2D eigenvalue weighted by Gasteiger charge is 2.40. The van der Waals surface area contributed by atoms with E-state index < -0.39 is 0 Å². The van der Waals surface area contributed by atoms with E-state index in [0.29, 0.717) is 5.54 Å². The second-order valence-electron chi connectivity index (χ2n) is 7.72. The summed E-state index contributed by atoms with van der Waals surface area (Å²) in [7, 11) is 0. The molecule has 1 aliphatic heterocycles. The molecule has 2 aliphatic rings. The SMILES string of the molecule is CCC1CCCC(CN)(N2CCCC(C(C)C)CC2)C1. The first-order valence-corrected chi connectivity index (χ1v) is 9.06. The maximum Gasteiger partial charge on any atom is 0.0334 e. The van der Waals surface area contributed by atoms with Crippen molar-refractivity contribution in [2.45, 2.75) is 77.7 Å². The fourth-order valence-electron chi connectivity index (χ4n) is 4.67. The van der Waals surface area contributed by atoms with Gasteiger partial charge in [-0.1, -0.05) is 40.0 Å². The van der Waals surface area contributed by atoms with Crippen molar-refractivity contribution in [3.05, 3.63) is 0 Å². The summed E-state index contributed by atoms with van der Waals surface area (Å²) in [6.07, 6.45) is 11.0. The second-order valence-corrected chi connectivity index (χ2v) is 7.72. The van der Waals surface area contributed by atoms with Crippen LogP contribution in [-0.4, -0.2) is 30.1 Å². The topological polar surface area (TPSA) is 29.3 Å². The lowest BCUT2D eigenvalue weighted by molar-refractivity contribution is 0.0361. The molecule has 3 atom stereocenters. The molecule has 3 unspecified atom stereocenters. The first kappa shape index (κ1) is 16.3. The third-order valence-corrected chi connectivity index (χ3v) is 6.27. The van der Waals surface area contributed by atoms with Crippen molar-refractivity contribution >= 4 is 0 Å². The standard InChI is InChI=1S/C18H36N2/c1-4-16-7-5-10-18(13-16,14-19)20-11-6-8-17(9-12-20)15(2)3/h15-17H,4-14,19H2,1-3H3. The van der Waals surface area contributed by atoms with E-state index in [4.69, 9.17) is 5.73 Å². The Morgan fingerprint density at radius 3 is 2.60 bits per heavy atom. The molecule has 2 rings (SSSR count). The number of hydrogen-bond donors (Lipinski definition) is 1. The van der Waals surface area contributed by atoms with Gasteiger partial charge in [-0.3, -0.25) is 4.90 Å². The smallest absolute Gasteiger partial charge is 0.0334 e. The van der Waals surface area contributed by atoms with Crippen molar-refractivity contribution in [2.75, 3.05) is 19.6 Å². The largest absolute Gasteiger partial charge is 0.329 e. The van der Waals surface area contributed by atoms with Gasteiger partial charge in [0.05, 0.1) is 0 Å². The predicted molar refractivity (Wildman–Crippen MR) is 87.8 cm³/mol. The number of nitrogens with two attached hydrogens (primary N) is 1. The monoisotopic (exact) mass is 280 g/mol. The lowest BCUT2D eigenvalue weighted by Gasteiger charge is -2.48. The first-order chi connectivity index (χ1) is 9.61. The molecule has 0 bridgehead atoms. The zero-order valence-electron chi connectivity index (χ0n) is 14.0. The Labute approximate surface area is 126 Å². The van der Waals surface area contributed by atoms with E-state index in [1.54, 1.807) is 0 Å². The van der Waals surface area contributed by atoms with Gasteiger partial charge >= 0.3 is 0 Å². The van der Waals surface area contributed by atoms with E-state index >= 15 is 0 Å². The molecule has 0 aromatic rings. The fourth-order valence-corrected chi connectivity index (χ4v) is 4.67. The van der Waals surface area contributed by atoms with E-state index in [9.17, 15) is 0 Å². The molecule has 2 fully saturated rings. The van der Waals surface area contributed by atoms with Gasteiger partial charge in [-0.15, -0.1) is 0 Å². The highest BCUT2D eigenvalue weighted by molar-refractivity contribution is 4.97. The lowest BCUT2D eigenvalue weighted by Crippen LogP contribution is -2.56. The normalized spacial score (nSPS) is 37.0. The highest BCUT2D eigenvalue weighted by atomic mass is 15.2. The van der Waals surface area contributed by atoms with Crippen LogP contribution in [0.5, 0.6) is 0 Å². The highest BCUT2D eigenvalue weighted by Crippen LogP contribution is 2.39. The van der Waals surface area contributed by atoms with Crippen molar-refractivity contribution in [1.29, 1.82) is 0 Å². The third-order valence-electron chi connectivity index (χ3n) is 6.27. The van der Waals surface area contributed by atoms with Gasteiger partial charge in [-0.25, -0.2) is 0 Å². The molecule has 20 heavy (non-hydrogen) atoms. The van der Waals surface area contributed by atoms with Crippen LogP contribution in [0.3, 0.4) is 0 Å². The van der Waals surface area contributed by atoms with E-state index in [2.05, 4.69) is 25.7 Å². The summed E-state index contributed by atoms with van der Waals surface area (Å²) in [5, 5.41) is 0. The van der Waals surface area contributed by atoms with Crippen molar-refractivity contribution in [2.24, 2.45) is 23.5 Å². The quantitative estimate of drug-likeness (QED) is 0.842. The van der Waals surface area contributed by atoms with Gasteiger partial charge in [-0.05, 0) is 62.9 Å². The molecule has 1 aliphatic carbocycles. The molecule has 2 N–H and O–H groups in total. The Balaban J connectivity index is 2.03. The minimum atomic E-state index is 0.338. The summed E-state index contributed by atoms with van der Waals surface area (Å²) in [5.74, 6) is 2.69. The van der Waals surface area contributed by atoms with Crippen molar-refractivity contribution in [3.63, 3.8) is 0 Å². The third kappa shape index (κ3) is 3.57. The molecule has 0 aromatic heterocycles. The molecular formula is C18H36N2. The van der Waals surface area contributed by atoms with E-state index in [-0.39, 0.29) is 0 Å². The number of likely N-dealkylation sites (tertiary alicyclic amines) is 1. The summed E-state index contributed by atoms with van der Waals surface area (Å²) < 4.78 is 0. The number of nitrogens with zero attached hydrogens (tertiary/aromatic N) is 1. The molecule has 118 valence electrons. The van der Waals surface area contributed by atoms with Crippen LogP contribution in [0.4, 0.5) is 0 Å². The molecule has 1 heterocycles. The van der Waals surface area contributed by atoms with E-state index in [1.807, 2.05) is 0 Å². The zero-order valence-corrected chi connectivity index (χ0v) is 14.0. The van der Waals surface area contributed by atoms with Gasteiger partial charge in [0, 0.05) is 12.1 Å². The Morgan fingerprint density at radius 1 is 1.15 bits per heavy atom. The van der Waals surface area contributed by atoms with Gasteiger partial charge < -0.3 is 5.73 Å². The minimum absolute atomic E-state index is 0.338. The fraction of sp³-hybridized carbons (Fsp3) is 1.00. The van der Waals surface area contributed by atoms with Crippen LogP contribution in [-0.2, 0) is 0 Å².